The number of thiazole rings is 1. The standard InChI is InChI=1S/C13H16N4OS/c1-8-6-14-16-12(9(8)2)17-5-4-10-11(7-17)19-13(15-10)18-3/h6H,4-5,7H2,1-3H3. The molecule has 1 aliphatic rings. The molecule has 0 bridgehead atoms. The molecular weight excluding hydrogens is 260 g/mol. The van der Waals surface area contributed by atoms with E-state index >= 15 is 0 Å². The highest BCUT2D eigenvalue weighted by atomic mass is 32.1. The van der Waals surface area contributed by atoms with Gasteiger partial charge in [-0.1, -0.05) is 11.3 Å². The first-order chi connectivity index (χ1) is 9.19. The van der Waals surface area contributed by atoms with E-state index in [1.807, 2.05) is 6.20 Å². The van der Waals surface area contributed by atoms with Gasteiger partial charge in [0.2, 0.25) is 0 Å². The van der Waals surface area contributed by atoms with Gasteiger partial charge in [-0.25, -0.2) is 4.98 Å². The molecule has 3 heterocycles. The maximum atomic E-state index is 5.21. The number of ether oxygens (including phenoxy) is 1. The zero-order valence-corrected chi connectivity index (χ0v) is 12.1. The molecule has 0 radical (unpaired) electrons. The van der Waals surface area contributed by atoms with Gasteiger partial charge in [-0.15, -0.1) is 5.10 Å². The van der Waals surface area contributed by atoms with Crippen LogP contribution in [0, 0.1) is 13.8 Å². The first kappa shape index (κ1) is 12.3. The third-order valence-corrected chi connectivity index (χ3v) is 4.56. The number of nitrogens with zero attached hydrogens (tertiary/aromatic N) is 4. The molecule has 2 aromatic heterocycles. The number of hydrogen-bond acceptors (Lipinski definition) is 6. The lowest BCUT2D eigenvalue weighted by atomic mass is 10.1. The smallest absolute Gasteiger partial charge is 0.273 e. The van der Waals surface area contributed by atoms with Crippen molar-refractivity contribution in [2.75, 3.05) is 18.6 Å². The van der Waals surface area contributed by atoms with Crippen LogP contribution in [0.25, 0.3) is 0 Å². The van der Waals surface area contributed by atoms with Crippen LogP contribution >= 0.6 is 11.3 Å². The molecule has 0 saturated heterocycles. The summed E-state index contributed by atoms with van der Waals surface area (Å²) in [6.07, 6.45) is 2.74. The molecule has 0 atom stereocenters. The molecule has 0 fully saturated rings. The van der Waals surface area contributed by atoms with E-state index in [9.17, 15) is 0 Å². The average molecular weight is 276 g/mol. The number of aryl methyl sites for hydroxylation is 1. The normalized spacial score (nSPS) is 14.4. The van der Waals surface area contributed by atoms with Gasteiger partial charge in [0.1, 0.15) is 0 Å². The maximum Gasteiger partial charge on any atom is 0.273 e. The first-order valence-corrected chi connectivity index (χ1v) is 7.07. The van der Waals surface area contributed by atoms with Crippen LogP contribution in [0.1, 0.15) is 21.7 Å². The Labute approximate surface area is 116 Å². The third-order valence-electron chi connectivity index (χ3n) is 3.52. The molecular formula is C13H16N4OS. The highest BCUT2D eigenvalue weighted by molar-refractivity contribution is 7.13. The van der Waals surface area contributed by atoms with Crippen LogP contribution in [-0.4, -0.2) is 28.8 Å². The molecule has 0 saturated carbocycles. The van der Waals surface area contributed by atoms with Gasteiger partial charge in [0.25, 0.3) is 5.19 Å². The molecule has 0 amide bonds. The highest BCUT2D eigenvalue weighted by Crippen LogP contribution is 2.32. The summed E-state index contributed by atoms with van der Waals surface area (Å²) in [6.45, 7) is 5.94. The van der Waals surface area contributed by atoms with Crippen molar-refractivity contribution >= 4 is 17.2 Å². The van der Waals surface area contributed by atoms with E-state index in [1.165, 1.54) is 16.0 Å². The lowest BCUT2D eigenvalue weighted by molar-refractivity contribution is 0.410. The van der Waals surface area contributed by atoms with E-state index in [0.29, 0.717) is 0 Å². The number of aromatic nitrogens is 3. The van der Waals surface area contributed by atoms with Gasteiger partial charge in [0, 0.05) is 13.0 Å². The monoisotopic (exact) mass is 276 g/mol. The van der Waals surface area contributed by atoms with Crippen LogP contribution in [0.4, 0.5) is 5.82 Å². The summed E-state index contributed by atoms with van der Waals surface area (Å²) < 4.78 is 5.21. The SMILES string of the molecule is COc1nc2c(s1)CN(c1nncc(C)c1C)CC2. The van der Waals surface area contributed by atoms with Crippen LogP contribution in [0.2, 0.25) is 0 Å². The minimum Gasteiger partial charge on any atom is -0.473 e. The molecule has 2 aromatic rings. The molecule has 0 spiro atoms. The van der Waals surface area contributed by atoms with Crippen LogP contribution in [0.3, 0.4) is 0 Å². The second-order valence-corrected chi connectivity index (χ2v) is 5.75. The number of fused-ring (bicyclic) bond motifs is 1. The predicted octanol–water partition coefficient (Wildman–Crippen LogP) is 2.12. The van der Waals surface area contributed by atoms with E-state index in [4.69, 9.17) is 4.74 Å². The van der Waals surface area contributed by atoms with Gasteiger partial charge in [0.15, 0.2) is 5.82 Å². The van der Waals surface area contributed by atoms with Crippen LogP contribution in [0.15, 0.2) is 6.20 Å². The average Bonchev–Trinajstić information content (AvgIpc) is 2.84. The Morgan fingerprint density at radius 1 is 1.37 bits per heavy atom. The Hall–Kier alpha value is -1.69. The van der Waals surface area contributed by atoms with Crippen molar-refractivity contribution in [2.45, 2.75) is 26.8 Å². The molecule has 0 aromatic carbocycles. The van der Waals surface area contributed by atoms with Crippen molar-refractivity contribution in [2.24, 2.45) is 0 Å². The number of methoxy groups -OCH3 is 1. The Morgan fingerprint density at radius 3 is 3.00 bits per heavy atom. The Bertz CT molecular complexity index is 611. The van der Waals surface area contributed by atoms with Crippen molar-refractivity contribution < 1.29 is 4.74 Å². The molecule has 100 valence electrons. The Balaban J connectivity index is 1.91. The van der Waals surface area contributed by atoms with Crippen LogP contribution < -0.4 is 9.64 Å². The molecule has 0 unspecified atom stereocenters. The molecule has 3 rings (SSSR count). The second kappa shape index (κ2) is 4.77. The predicted molar refractivity (Wildman–Crippen MR) is 74.9 cm³/mol. The summed E-state index contributed by atoms with van der Waals surface area (Å²) >= 11 is 1.62. The highest BCUT2D eigenvalue weighted by Gasteiger charge is 2.23. The van der Waals surface area contributed by atoms with E-state index in [2.05, 4.69) is 33.9 Å². The molecule has 5 nitrogen and oxygen atoms in total. The number of rotatable bonds is 2. The minimum atomic E-state index is 0.749. The van der Waals surface area contributed by atoms with Crippen molar-refractivity contribution in [3.05, 3.63) is 27.9 Å². The van der Waals surface area contributed by atoms with Crippen molar-refractivity contribution in [3.8, 4) is 5.19 Å². The summed E-state index contributed by atoms with van der Waals surface area (Å²) in [4.78, 5) is 8.01. The van der Waals surface area contributed by atoms with E-state index in [0.717, 1.165) is 36.2 Å². The molecule has 0 N–H and O–H groups in total. The number of hydrogen-bond donors (Lipinski definition) is 0. The lowest BCUT2D eigenvalue weighted by Crippen LogP contribution is -2.31. The summed E-state index contributed by atoms with van der Waals surface area (Å²) in [5.74, 6) is 0.984. The van der Waals surface area contributed by atoms with Crippen LogP contribution in [0.5, 0.6) is 5.19 Å². The summed E-state index contributed by atoms with van der Waals surface area (Å²) in [7, 11) is 1.66. The van der Waals surface area contributed by atoms with Crippen LogP contribution in [-0.2, 0) is 13.0 Å². The fourth-order valence-electron chi connectivity index (χ4n) is 2.26. The Kier molecular flexibility index (Phi) is 3.10. The second-order valence-electron chi connectivity index (χ2n) is 4.70. The fraction of sp³-hybridized carbons (Fsp3) is 0.462. The topological polar surface area (TPSA) is 51.1 Å². The third kappa shape index (κ3) is 2.16. The molecule has 19 heavy (non-hydrogen) atoms. The van der Waals surface area contributed by atoms with E-state index in [-0.39, 0.29) is 0 Å². The minimum absolute atomic E-state index is 0.749. The van der Waals surface area contributed by atoms with Crippen molar-refractivity contribution in [3.63, 3.8) is 0 Å². The quantitative estimate of drug-likeness (QED) is 0.841. The zero-order valence-electron chi connectivity index (χ0n) is 11.3. The first-order valence-electron chi connectivity index (χ1n) is 6.25. The van der Waals surface area contributed by atoms with Gasteiger partial charge in [0.05, 0.1) is 30.4 Å². The molecule has 0 aliphatic carbocycles. The summed E-state index contributed by atoms with van der Waals surface area (Å²) in [6, 6.07) is 0. The van der Waals surface area contributed by atoms with Gasteiger partial charge in [-0.3, -0.25) is 0 Å². The largest absolute Gasteiger partial charge is 0.473 e. The lowest BCUT2D eigenvalue weighted by Gasteiger charge is -2.28. The molecule has 6 heteroatoms. The van der Waals surface area contributed by atoms with E-state index in [1.54, 1.807) is 18.4 Å². The van der Waals surface area contributed by atoms with E-state index < -0.39 is 0 Å². The van der Waals surface area contributed by atoms with Gasteiger partial charge < -0.3 is 9.64 Å². The summed E-state index contributed by atoms with van der Waals surface area (Å²) in [5.41, 5.74) is 3.55. The van der Waals surface area contributed by atoms with Crippen molar-refractivity contribution in [1.82, 2.24) is 15.2 Å². The molecule has 1 aliphatic heterocycles. The van der Waals surface area contributed by atoms with Gasteiger partial charge >= 0.3 is 0 Å². The Morgan fingerprint density at radius 2 is 2.21 bits per heavy atom. The number of anilines is 1. The summed E-state index contributed by atoms with van der Waals surface area (Å²) in [5, 5.41) is 9.11. The maximum absolute atomic E-state index is 5.21. The van der Waals surface area contributed by atoms with Crippen molar-refractivity contribution in [1.29, 1.82) is 0 Å². The fourth-order valence-corrected chi connectivity index (χ4v) is 3.19. The van der Waals surface area contributed by atoms with Gasteiger partial charge in [-0.05, 0) is 25.0 Å². The zero-order chi connectivity index (χ0) is 13.4. The van der Waals surface area contributed by atoms with Gasteiger partial charge in [-0.2, -0.15) is 5.10 Å².